The Hall–Kier alpha value is -3.37. The van der Waals surface area contributed by atoms with Crippen LogP contribution in [-0.4, -0.2) is 195 Å². The van der Waals surface area contributed by atoms with E-state index in [2.05, 4.69) is 35.1 Å². The lowest BCUT2D eigenvalue weighted by Gasteiger charge is -2.27. The monoisotopic (exact) mass is 1560 g/mol. The number of hydrogen-bond donors (Lipinski definition) is 19. The van der Waals surface area contributed by atoms with Gasteiger partial charge >= 0.3 is 53.0 Å². The minimum Gasteiger partial charge on any atom is -0.394 e. The van der Waals surface area contributed by atoms with Crippen LogP contribution < -0.4 is 22.2 Å². The van der Waals surface area contributed by atoms with Crippen LogP contribution >= 0.6 is 75.5 Å². The number of aromatic amines is 4. The maximum Gasteiger partial charge on any atom is 0.492 e. The number of rotatable bonds is 18. The van der Waals surface area contributed by atoms with Crippen LogP contribution in [-0.2, 0) is 86.0 Å². The van der Waals surface area contributed by atoms with Crippen molar-refractivity contribution in [2.24, 2.45) is 0 Å². The van der Waals surface area contributed by atoms with Crippen LogP contribution in [0.3, 0.4) is 0 Å². The third kappa shape index (κ3) is 22.3. The Morgan fingerprint density at radius 2 is 0.737 bits per heavy atom. The minimum atomic E-state index is -5.73. The van der Waals surface area contributed by atoms with Crippen LogP contribution in [0.25, 0.3) is 0 Å². The quantitative estimate of drug-likeness (QED) is 0.0324. The van der Waals surface area contributed by atoms with Gasteiger partial charge in [0.2, 0.25) is 22.2 Å². The largest absolute Gasteiger partial charge is 0.492 e. The predicted octanol–water partition coefficient (Wildman–Crippen LogP) is -0.970. The number of aliphatic hydroxyl groups excluding tert-OH is 9. The van der Waals surface area contributed by atoms with Gasteiger partial charge in [-0.3, -0.25) is 52.7 Å². The zero-order valence-corrected chi connectivity index (χ0v) is 54.0. The second-order valence-electron chi connectivity index (χ2n) is 19.4. The molecule has 4 aromatic rings. The number of halogens is 6. The minimum absolute atomic E-state index is 0.0629. The summed E-state index contributed by atoms with van der Waals surface area (Å²) >= 11 is 10.4. The average molecular weight is 1560 g/mol. The van der Waals surface area contributed by atoms with Crippen molar-refractivity contribution in [3.8, 4) is 0 Å². The molecule has 42 nitrogen and oxygen atoms in total. The van der Waals surface area contributed by atoms with E-state index in [0.717, 1.165) is 42.5 Å². The van der Waals surface area contributed by atoms with Gasteiger partial charge in [0, 0.05) is 46.5 Å². The van der Waals surface area contributed by atoms with Crippen molar-refractivity contribution in [1.29, 1.82) is 0 Å². The van der Waals surface area contributed by atoms with E-state index in [1.165, 1.54) is 6.07 Å². The maximum absolute atomic E-state index is 13.9. The van der Waals surface area contributed by atoms with Gasteiger partial charge in [-0.05, 0) is 46.7 Å². The van der Waals surface area contributed by atoms with E-state index in [-0.39, 0.29) is 22.3 Å². The topological polar surface area (TPSA) is 665 Å². The summed E-state index contributed by atoms with van der Waals surface area (Å²) in [7, 11) is -32.4. The normalized spacial score (nSPS) is 34.4. The van der Waals surface area contributed by atoms with Gasteiger partial charge in [0.1, 0.15) is 97.7 Å². The molecule has 55 heteroatoms. The zero-order chi connectivity index (χ0) is 71.5. The molecule has 9 rings (SSSR count). The summed E-state index contributed by atoms with van der Waals surface area (Å²) in [6, 6.07) is 8.29. The lowest BCUT2D eigenvalue weighted by Crippen LogP contribution is -2.33. The van der Waals surface area contributed by atoms with Crippen LogP contribution in [0, 0.1) is 23.8 Å². The SMILES string of the molecule is O=c1ccc([C@@H]2O[C@H](CO)C(O)[C@@H]2O)c(F)[nH]1.O=c1ccc([C@@H]2O[C@H](COP(=O)(Cl)Cl)C(O)[C@@H]2O)c(F)[nH]1.O=c1ccc([C@@H]2O[C@H](COP(=O)(O)OP(=O)(O)OP(=O)(O)O)C(O)[C@@H]2O)c(F)[nH]1.O=c1ccc([C@@H]2O[C@H](COP3(=O)OP(=O)(O)OP(=O)(O)O3)C(O)[C@@H]2O)c(F)[nH]1. The first kappa shape index (κ1) is 80.6. The van der Waals surface area contributed by atoms with Gasteiger partial charge in [-0.1, -0.05) is 0 Å². The van der Waals surface area contributed by atoms with Crippen LogP contribution in [0.4, 0.5) is 17.6 Å². The molecule has 0 aromatic carbocycles. The summed E-state index contributed by atoms with van der Waals surface area (Å²) in [5.41, 5.74) is -3.68. The van der Waals surface area contributed by atoms with Gasteiger partial charge in [-0.15, -0.1) is 0 Å². The van der Waals surface area contributed by atoms with E-state index in [1.54, 1.807) is 4.98 Å². The first-order valence-electron chi connectivity index (χ1n) is 25.3. The first-order chi connectivity index (χ1) is 43.6. The molecular weight excluding hydrogens is 1510 g/mol. The average Bonchev–Trinajstić information content (AvgIpc) is 1.32. The third-order valence-corrected chi connectivity index (χ3v) is 22.9. The van der Waals surface area contributed by atoms with Crippen LogP contribution in [0.2, 0.25) is 0 Å². The zero-order valence-electron chi connectivity index (χ0n) is 46.2. The fourth-order valence-electron chi connectivity index (χ4n) is 8.58. The standard InChI is InChI=1S/C10H11Cl2FNO6P.C10H15FNO14P3.C10H13FNO13P3.C10H12FNO5/c11-21(12,18)19-3-5-7(16)8(17)9(20-5)4-1-2-6(15)14-10(4)13;11-10-4(1-2-6(13)12-10)9-8(15)7(14)5(24-9)3-23-28(19,20)26-29(21,22)25-27(16,17)18;11-10-4(1-2-6(13)12-10)9-8(15)7(14)5(22-9)3-21-28(20)24-26(16,17)23-27(18,19)25-28;11-10-4(1-2-6(14)12-10)9-8(16)7(15)5(3-13)17-9/h1-2,5,7-9,16-17H,3H2,(H,14,15);1-2,5,7-9,14-15H,3H2,(H,12,13)(H,19,20)(H,21,22)(H2,16,17,18);1-2,5,7-9,14-15H,3H2,(H,12,13)(H,16,17)(H,18,19);1-2,5,7-9,13,15-16H,3H2,(H,12,14)/t4*5-,7?,8+,9+/m1111/s1. The molecule has 8 unspecified atom stereocenters. The predicted molar refractivity (Wildman–Crippen MR) is 295 cm³/mol. The van der Waals surface area contributed by atoms with Crippen molar-refractivity contribution >= 4 is 75.5 Å². The molecule has 0 bridgehead atoms. The number of phosphoric acid groups is 6. The molecule has 5 saturated heterocycles. The lowest BCUT2D eigenvalue weighted by atomic mass is 10.0. The van der Waals surface area contributed by atoms with Crippen LogP contribution in [0.1, 0.15) is 46.7 Å². The van der Waals surface area contributed by atoms with Crippen LogP contribution in [0.5, 0.6) is 0 Å². The molecule has 0 spiro atoms. The van der Waals surface area contributed by atoms with E-state index >= 15 is 0 Å². The Balaban J connectivity index is 0.000000204. The molecule has 536 valence electrons. The van der Waals surface area contributed by atoms with Gasteiger partial charge in [-0.25, -0.2) is 27.4 Å². The van der Waals surface area contributed by atoms with Gasteiger partial charge < -0.3 is 98.8 Å². The number of H-pyrrole nitrogens is 4. The molecule has 5 aliphatic rings. The van der Waals surface area contributed by atoms with Crippen molar-refractivity contribution in [2.75, 3.05) is 26.4 Å². The highest BCUT2D eigenvalue weighted by Crippen LogP contribution is 2.80. The van der Waals surface area contributed by atoms with Crippen LogP contribution in [0.15, 0.2) is 67.7 Å². The number of ether oxygens (including phenoxy) is 4. The molecule has 0 saturated carbocycles. The third-order valence-electron chi connectivity index (χ3n) is 12.7. The molecule has 9 heterocycles. The number of phosphoric ester groups is 1. The summed E-state index contributed by atoms with van der Waals surface area (Å²) in [5.74, 6) is -4.20. The molecule has 20 atom stereocenters. The van der Waals surface area contributed by atoms with E-state index in [0.29, 0.717) is 0 Å². The fraction of sp³-hybridized carbons (Fsp3) is 0.500. The highest BCUT2D eigenvalue weighted by Gasteiger charge is 2.56. The Bertz CT molecular complexity index is 3950. The molecule has 19 N–H and O–H groups in total. The van der Waals surface area contributed by atoms with Gasteiger partial charge in [0.05, 0.1) is 26.4 Å². The van der Waals surface area contributed by atoms with Crippen molar-refractivity contribution < 1.29 is 179 Å². The van der Waals surface area contributed by atoms with E-state index in [9.17, 15) is 114 Å². The Morgan fingerprint density at radius 1 is 0.442 bits per heavy atom. The first-order valence-corrected chi connectivity index (χ1v) is 37.7. The number of nitrogens with one attached hydrogen (secondary N) is 4. The number of pyridine rings is 4. The summed E-state index contributed by atoms with van der Waals surface area (Å²) in [6.07, 6.45) is -26.8. The highest BCUT2D eigenvalue weighted by atomic mass is 35.9. The smallest absolute Gasteiger partial charge is 0.394 e. The molecular formula is C40H51Cl2F4N4O38P7. The van der Waals surface area contributed by atoms with Gasteiger partial charge in [-0.2, -0.15) is 39.1 Å². The van der Waals surface area contributed by atoms with E-state index in [4.69, 9.17) is 71.0 Å². The molecule has 0 radical (unpaired) electrons. The van der Waals surface area contributed by atoms with E-state index < -0.39 is 223 Å². The summed E-state index contributed by atoms with van der Waals surface area (Å²) < 4.78 is 187. The highest BCUT2D eigenvalue weighted by molar-refractivity contribution is 8.05. The van der Waals surface area contributed by atoms with Crippen molar-refractivity contribution in [3.05, 3.63) is 136 Å². The van der Waals surface area contributed by atoms with Crippen molar-refractivity contribution in [1.82, 2.24) is 19.9 Å². The Kier molecular flexibility index (Phi) is 27.2. The van der Waals surface area contributed by atoms with E-state index in [1.807, 2.05) is 15.0 Å². The summed E-state index contributed by atoms with van der Waals surface area (Å²) in [6.45, 7) is -2.93. The molecule has 0 amide bonds. The number of aliphatic hydroxyl groups is 9. The molecule has 4 aromatic heterocycles. The molecule has 0 aliphatic carbocycles. The number of hydrogen-bond acceptors (Lipinski definition) is 32. The molecule has 5 fully saturated rings. The molecule has 95 heavy (non-hydrogen) atoms. The Labute approximate surface area is 532 Å². The lowest BCUT2D eigenvalue weighted by molar-refractivity contribution is -0.0242. The fourth-order valence-corrected chi connectivity index (χ4v) is 17.2. The summed E-state index contributed by atoms with van der Waals surface area (Å²) in [5, 5.41) is 87.7. The van der Waals surface area contributed by atoms with Crippen molar-refractivity contribution in [2.45, 2.75) is 97.7 Å². The van der Waals surface area contributed by atoms with Gasteiger partial charge in [0.25, 0.3) is 0 Å². The Morgan fingerprint density at radius 3 is 1.02 bits per heavy atom. The second kappa shape index (κ2) is 32.1. The summed E-state index contributed by atoms with van der Waals surface area (Å²) in [4.78, 5) is 105. The number of aromatic nitrogens is 4. The second-order valence-corrected chi connectivity index (χ2v) is 33.1. The van der Waals surface area contributed by atoms with Crippen molar-refractivity contribution in [3.63, 3.8) is 0 Å². The molecule has 5 aliphatic heterocycles. The maximum atomic E-state index is 13.9. The van der Waals surface area contributed by atoms with Gasteiger partial charge in [0.15, 0.2) is 23.8 Å².